The van der Waals surface area contributed by atoms with E-state index in [1.54, 1.807) is 0 Å². The van der Waals surface area contributed by atoms with E-state index in [1.165, 1.54) is 5.56 Å². The van der Waals surface area contributed by atoms with Gasteiger partial charge >= 0.3 is 5.97 Å². The van der Waals surface area contributed by atoms with E-state index in [1.807, 2.05) is 32.0 Å². The molecule has 0 fully saturated rings. The molecule has 0 saturated heterocycles. The van der Waals surface area contributed by atoms with Gasteiger partial charge in [-0.2, -0.15) is 0 Å². The van der Waals surface area contributed by atoms with Crippen molar-refractivity contribution in [2.24, 2.45) is 5.73 Å². The molecule has 0 aromatic heterocycles. The minimum Gasteiger partial charge on any atom is -0.466 e. The zero-order chi connectivity index (χ0) is 13.6. The predicted octanol–water partition coefficient (Wildman–Crippen LogP) is 2.46. The molecule has 3 nitrogen and oxygen atoms in total. The highest BCUT2D eigenvalue weighted by atomic mass is 16.5. The number of carbonyl (C=O) groups is 1. The van der Waals surface area contributed by atoms with Crippen LogP contribution in [0.4, 0.5) is 0 Å². The van der Waals surface area contributed by atoms with E-state index < -0.39 is 0 Å². The largest absolute Gasteiger partial charge is 0.466 e. The van der Waals surface area contributed by atoms with Gasteiger partial charge in [0.1, 0.15) is 0 Å². The fraction of sp³-hybridized carbons (Fsp3) is 0.533. The van der Waals surface area contributed by atoms with Gasteiger partial charge in [-0.25, -0.2) is 0 Å². The summed E-state index contributed by atoms with van der Waals surface area (Å²) in [7, 11) is 0. The summed E-state index contributed by atoms with van der Waals surface area (Å²) < 4.78 is 4.94. The predicted molar refractivity (Wildman–Crippen MR) is 73.4 cm³/mol. The van der Waals surface area contributed by atoms with Gasteiger partial charge in [0.15, 0.2) is 0 Å². The van der Waals surface area contributed by atoms with Gasteiger partial charge < -0.3 is 10.5 Å². The zero-order valence-corrected chi connectivity index (χ0v) is 11.5. The van der Waals surface area contributed by atoms with Crippen LogP contribution in [0.15, 0.2) is 24.3 Å². The van der Waals surface area contributed by atoms with Gasteiger partial charge in [0, 0.05) is 5.54 Å². The molecule has 0 saturated carbocycles. The van der Waals surface area contributed by atoms with Crippen LogP contribution in [-0.2, 0) is 22.4 Å². The lowest BCUT2D eigenvalue weighted by Crippen LogP contribution is -2.37. The number of ether oxygens (including phenoxy) is 1. The summed E-state index contributed by atoms with van der Waals surface area (Å²) in [5.41, 5.74) is 8.12. The molecule has 1 unspecified atom stereocenters. The van der Waals surface area contributed by atoms with Crippen LogP contribution in [0.25, 0.3) is 0 Å². The van der Waals surface area contributed by atoms with E-state index >= 15 is 0 Å². The average molecular weight is 249 g/mol. The Kier molecular flexibility index (Phi) is 5.35. The number of hydrogen-bond acceptors (Lipinski definition) is 3. The Labute approximate surface area is 109 Å². The molecule has 1 aromatic carbocycles. The lowest BCUT2D eigenvalue weighted by Gasteiger charge is -2.22. The lowest BCUT2D eigenvalue weighted by molar-refractivity contribution is -0.142. The highest BCUT2D eigenvalue weighted by Gasteiger charge is 2.16. The topological polar surface area (TPSA) is 52.3 Å². The van der Waals surface area contributed by atoms with Gasteiger partial charge in [0.05, 0.1) is 13.0 Å². The Hall–Kier alpha value is -1.35. The van der Waals surface area contributed by atoms with Crippen molar-refractivity contribution in [1.29, 1.82) is 0 Å². The Morgan fingerprint density at radius 2 is 2.00 bits per heavy atom. The number of rotatable bonds is 6. The number of esters is 1. The van der Waals surface area contributed by atoms with Crippen LogP contribution in [0.1, 0.15) is 38.3 Å². The number of hydrogen-bond donors (Lipinski definition) is 1. The maximum absolute atomic E-state index is 11.4. The molecule has 0 aliphatic rings. The molecular weight excluding hydrogens is 226 g/mol. The van der Waals surface area contributed by atoms with E-state index in [-0.39, 0.29) is 11.5 Å². The molecule has 18 heavy (non-hydrogen) atoms. The van der Waals surface area contributed by atoms with Gasteiger partial charge in [-0.05, 0) is 37.8 Å². The molecule has 1 aromatic rings. The van der Waals surface area contributed by atoms with Gasteiger partial charge in [0.2, 0.25) is 0 Å². The molecule has 0 radical (unpaired) electrons. The smallest absolute Gasteiger partial charge is 0.310 e. The Bertz CT molecular complexity index is 399. The van der Waals surface area contributed by atoms with Crippen LogP contribution in [-0.4, -0.2) is 18.1 Å². The van der Waals surface area contributed by atoms with Crippen molar-refractivity contribution in [3.63, 3.8) is 0 Å². The van der Waals surface area contributed by atoms with Crippen molar-refractivity contribution in [3.8, 4) is 0 Å². The summed E-state index contributed by atoms with van der Waals surface area (Å²) in [5.74, 6) is -0.180. The highest BCUT2D eigenvalue weighted by molar-refractivity contribution is 5.72. The minimum absolute atomic E-state index is 0.180. The summed E-state index contributed by atoms with van der Waals surface area (Å²) in [4.78, 5) is 11.4. The van der Waals surface area contributed by atoms with Gasteiger partial charge in [-0.15, -0.1) is 0 Å². The fourth-order valence-corrected chi connectivity index (χ4v) is 1.82. The van der Waals surface area contributed by atoms with E-state index in [9.17, 15) is 4.79 Å². The quantitative estimate of drug-likeness (QED) is 0.788. The van der Waals surface area contributed by atoms with Gasteiger partial charge in [-0.1, -0.05) is 31.2 Å². The monoisotopic (exact) mass is 249 g/mol. The summed E-state index contributed by atoms with van der Waals surface area (Å²) in [6.45, 7) is 6.37. The van der Waals surface area contributed by atoms with Crippen molar-refractivity contribution in [3.05, 3.63) is 35.4 Å². The third kappa shape index (κ3) is 4.88. The van der Waals surface area contributed by atoms with Crippen LogP contribution < -0.4 is 5.73 Å². The fourth-order valence-electron chi connectivity index (χ4n) is 1.82. The van der Waals surface area contributed by atoms with Crippen molar-refractivity contribution < 1.29 is 9.53 Å². The molecule has 0 spiro atoms. The second kappa shape index (κ2) is 6.55. The van der Waals surface area contributed by atoms with E-state index in [2.05, 4.69) is 13.0 Å². The van der Waals surface area contributed by atoms with Crippen molar-refractivity contribution in [1.82, 2.24) is 0 Å². The van der Waals surface area contributed by atoms with Crippen LogP contribution in [0.3, 0.4) is 0 Å². The molecular formula is C15H23NO2. The second-order valence-corrected chi connectivity index (χ2v) is 4.99. The first kappa shape index (κ1) is 14.7. The summed E-state index contributed by atoms with van der Waals surface area (Å²) in [5, 5.41) is 0. The highest BCUT2D eigenvalue weighted by Crippen LogP contribution is 2.15. The summed E-state index contributed by atoms with van der Waals surface area (Å²) in [6, 6.07) is 8.00. The molecule has 0 bridgehead atoms. The molecule has 100 valence electrons. The van der Waals surface area contributed by atoms with E-state index in [0.29, 0.717) is 13.0 Å². The van der Waals surface area contributed by atoms with Crippen LogP contribution in [0.2, 0.25) is 0 Å². The molecule has 3 heteroatoms. The summed E-state index contributed by atoms with van der Waals surface area (Å²) >= 11 is 0. The van der Waals surface area contributed by atoms with E-state index in [4.69, 9.17) is 10.5 Å². The van der Waals surface area contributed by atoms with Gasteiger partial charge in [0.25, 0.3) is 0 Å². The van der Waals surface area contributed by atoms with Crippen LogP contribution in [0.5, 0.6) is 0 Å². The second-order valence-electron chi connectivity index (χ2n) is 4.99. The maximum atomic E-state index is 11.4. The third-order valence-electron chi connectivity index (χ3n) is 3.06. The number of nitrogens with two attached hydrogens (primary N) is 1. The lowest BCUT2D eigenvalue weighted by atomic mass is 9.90. The van der Waals surface area contributed by atoms with Crippen molar-refractivity contribution >= 4 is 5.97 Å². The molecule has 1 atom stereocenters. The first-order valence-electron chi connectivity index (χ1n) is 6.49. The minimum atomic E-state index is -0.192. The van der Waals surface area contributed by atoms with E-state index in [0.717, 1.165) is 18.4 Å². The van der Waals surface area contributed by atoms with Crippen LogP contribution >= 0.6 is 0 Å². The SMILES string of the molecule is CCOC(=O)Cc1cccc(CC(C)(N)CC)c1. The third-order valence-corrected chi connectivity index (χ3v) is 3.06. The standard InChI is InChI=1S/C15H23NO2/c1-4-15(3,16)11-13-8-6-7-12(9-13)10-14(17)18-5-2/h6-9H,4-5,10-11,16H2,1-3H3. The van der Waals surface area contributed by atoms with Crippen molar-refractivity contribution in [2.45, 2.75) is 45.6 Å². The van der Waals surface area contributed by atoms with Gasteiger partial charge in [-0.3, -0.25) is 4.79 Å². The zero-order valence-electron chi connectivity index (χ0n) is 11.5. The molecule has 0 heterocycles. The Morgan fingerprint density at radius 1 is 1.33 bits per heavy atom. The number of carbonyl (C=O) groups excluding carboxylic acids is 1. The molecule has 0 amide bonds. The molecule has 1 rings (SSSR count). The molecule has 0 aliphatic heterocycles. The Balaban J connectivity index is 2.70. The first-order valence-corrected chi connectivity index (χ1v) is 6.49. The Morgan fingerprint density at radius 3 is 2.61 bits per heavy atom. The normalized spacial score (nSPS) is 14.0. The number of benzene rings is 1. The maximum Gasteiger partial charge on any atom is 0.310 e. The first-order chi connectivity index (χ1) is 8.46. The van der Waals surface area contributed by atoms with Crippen LogP contribution in [0, 0.1) is 0 Å². The van der Waals surface area contributed by atoms with Crippen molar-refractivity contribution in [2.75, 3.05) is 6.61 Å². The average Bonchev–Trinajstić information content (AvgIpc) is 2.29. The molecule has 2 N–H and O–H groups in total. The summed E-state index contributed by atoms with van der Waals surface area (Å²) in [6.07, 6.45) is 2.07. The molecule has 0 aliphatic carbocycles.